The van der Waals surface area contributed by atoms with Gasteiger partial charge in [0.2, 0.25) is 0 Å². The molecule has 1 aromatic rings. The molecule has 6 nitrogen and oxygen atoms in total. The van der Waals surface area contributed by atoms with Crippen LogP contribution in [0.2, 0.25) is 5.02 Å². The van der Waals surface area contributed by atoms with Crippen LogP contribution in [0.5, 0.6) is 0 Å². The Morgan fingerprint density at radius 1 is 1.55 bits per heavy atom. The van der Waals surface area contributed by atoms with E-state index in [9.17, 15) is 4.79 Å². The number of carbonyl (C=O) groups excluding carboxylic acids is 1. The van der Waals surface area contributed by atoms with Crippen molar-refractivity contribution in [3.8, 4) is 0 Å². The highest BCUT2D eigenvalue weighted by Gasteiger charge is 2.32. The Morgan fingerprint density at radius 2 is 2.30 bits per heavy atom. The molecule has 2 rings (SSSR count). The molecule has 0 aromatic carbocycles. The van der Waals surface area contributed by atoms with E-state index in [1.165, 1.54) is 12.5 Å². The third-order valence-corrected chi connectivity index (χ3v) is 3.90. The van der Waals surface area contributed by atoms with E-state index >= 15 is 0 Å². The molecule has 0 saturated carbocycles. The molecule has 110 valence electrons. The van der Waals surface area contributed by atoms with Crippen molar-refractivity contribution in [3.05, 3.63) is 23.2 Å². The normalized spacial score (nSPS) is 17.7. The molecule has 20 heavy (non-hydrogen) atoms. The Bertz CT molecular complexity index is 458. The van der Waals surface area contributed by atoms with Crippen molar-refractivity contribution in [1.29, 1.82) is 0 Å². The van der Waals surface area contributed by atoms with Crippen LogP contribution >= 0.6 is 11.6 Å². The van der Waals surface area contributed by atoms with Crippen molar-refractivity contribution in [2.24, 2.45) is 5.41 Å². The summed E-state index contributed by atoms with van der Waals surface area (Å²) in [7, 11) is 1.69. The second-order valence-electron chi connectivity index (χ2n) is 5.08. The number of amides is 1. The summed E-state index contributed by atoms with van der Waals surface area (Å²) in [6.45, 7) is 3.06. The highest BCUT2D eigenvalue weighted by atomic mass is 35.5. The van der Waals surface area contributed by atoms with Gasteiger partial charge in [0, 0.05) is 25.3 Å². The van der Waals surface area contributed by atoms with E-state index in [-0.39, 0.29) is 22.0 Å². The molecule has 2 N–H and O–H groups in total. The molecule has 2 heterocycles. The first kappa shape index (κ1) is 15.2. The fourth-order valence-electron chi connectivity index (χ4n) is 2.47. The number of rotatable bonds is 5. The van der Waals surface area contributed by atoms with E-state index in [1.54, 1.807) is 7.11 Å². The minimum absolute atomic E-state index is 0.0187. The largest absolute Gasteiger partial charge is 0.384 e. The first-order chi connectivity index (χ1) is 9.67. The Balaban J connectivity index is 1.99. The third-order valence-electron chi connectivity index (χ3n) is 3.62. The first-order valence-corrected chi connectivity index (χ1v) is 6.98. The van der Waals surface area contributed by atoms with Crippen molar-refractivity contribution in [2.45, 2.75) is 12.8 Å². The number of hydrogen-bond acceptors (Lipinski definition) is 5. The van der Waals surface area contributed by atoms with E-state index in [0.717, 1.165) is 25.9 Å². The maximum absolute atomic E-state index is 12.1. The lowest BCUT2D eigenvalue weighted by molar-refractivity contribution is 0.0511. The summed E-state index contributed by atoms with van der Waals surface area (Å²) in [5, 5.41) is 6.49. The molecule has 0 unspecified atom stereocenters. The Morgan fingerprint density at radius 3 is 2.95 bits per heavy atom. The summed E-state index contributed by atoms with van der Waals surface area (Å²) in [5.41, 5.74) is 0.193. The van der Waals surface area contributed by atoms with E-state index in [2.05, 4.69) is 20.6 Å². The summed E-state index contributed by atoms with van der Waals surface area (Å²) in [6, 6.07) is 0. The van der Waals surface area contributed by atoms with Crippen LogP contribution in [-0.2, 0) is 4.74 Å². The van der Waals surface area contributed by atoms with Gasteiger partial charge in [-0.25, -0.2) is 9.97 Å². The highest BCUT2D eigenvalue weighted by Crippen LogP contribution is 2.28. The smallest absolute Gasteiger partial charge is 0.271 e. The molecular weight excluding hydrogens is 280 g/mol. The summed E-state index contributed by atoms with van der Waals surface area (Å²) < 4.78 is 5.32. The molecule has 1 fully saturated rings. The maximum Gasteiger partial charge on any atom is 0.271 e. The van der Waals surface area contributed by atoms with Crippen LogP contribution < -0.4 is 10.6 Å². The number of piperidine rings is 1. The zero-order chi connectivity index (χ0) is 14.4. The van der Waals surface area contributed by atoms with E-state index in [4.69, 9.17) is 16.3 Å². The van der Waals surface area contributed by atoms with Crippen LogP contribution in [0.1, 0.15) is 23.3 Å². The third kappa shape index (κ3) is 3.65. The van der Waals surface area contributed by atoms with Gasteiger partial charge in [0.15, 0.2) is 0 Å². The number of methoxy groups -OCH3 is 1. The zero-order valence-electron chi connectivity index (χ0n) is 11.5. The van der Waals surface area contributed by atoms with Gasteiger partial charge in [-0.15, -0.1) is 0 Å². The Labute approximate surface area is 123 Å². The topological polar surface area (TPSA) is 76.1 Å². The molecule has 1 aliphatic rings. The van der Waals surface area contributed by atoms with Crippen LogP contribution in [0.15, 0.2) is 12.5 Å². The number of carbonyl (C=O) groups is 1. The average molecular weight is 299 g/mol. The Kier molecular flexibility index (Phi) is 5.28. The minimum atomic E-state index is -0.272. The SMILES string of the molecule is COCC1(CNC(=O)c2ncncc2Cl)CCNCC1. The van der Waals surface area contributed by atoms with Crippen molar-refractivity contribution in [1.82, 2.24) is 20.6 Å². The molecule has 7 heteroatoms. The number of ether oxygens (including phenoxy) is 1. The van der Waals surface area contributed by atoms with Crippen LogP contribution in [0.3, 0.4) is 0 Å². The van der Waals surface area contributed by atoms with E-state index < -0.39 is 0 Å². The number of nitrogens with zero attached hydrogens (tertiary/aromatic N) is 2. The van der Waals surface area contributed by atoms with Crippen molar-refractivity contribution >= 4 is 17.5 Å². The molecular formula is C13H19ClN4O2. The standard InChI is InChI=1S/C13H19ClN4O2/c1-20-8-13(2-4-15-5-3-13)7-17-12(19)11-10(14)6-16-9-18-11/h6,9,15H,2-5,7-8H2,1H3,(H,17,19). The maximum atomic E-state index is 12.1. The van der Waals surface area contributed by atoms with Crippen LogP contribution in [0, 0.1) is 5.41 Å². The molecule has 0 bridgehead atoms. The number of hydrogen-bond donors (Lipinski definition) is 2. The lowest BCUT2D eigenvalue weighted by atomic mass is 9.79. The first-order valence-electron chi connectivity index (χ1n) is 6.60. The second-order valence-corrected chi connectivity index (χ2v) is 5.49. The van der Waals surface area contributed by atoms with Crippen molar-refractivity contribution in [3.63, 3.8) is 0 Å². The molecule has 1 aromatic heterocycles. The summed E-state index contributed by atoms with van der Waals surface area (Å²) >= 11 is 5.92. The van der Waals surface area contributed by atoms with Gasteiger partial charge in [-0.1, -0.05) is 11.6 Å². The number of halogens is 1. The Hall–Kier alpha value is -1.24. The molecule has 0 aliphatic carbocycles. The van der Waals surface area contributed by atoms with Gasteiger partial charge in [-0.05, 0) is 25.9 Å². The monoisotopic (exact) mass is 298 g/mol. The van der Waals surface area contributed by atoms with Gasteiger partial charge in [-0.3, -0.25) is 4.79 Å². The minimum Gasteiger partial charge on any atom is -0.384 e. The number of nitrogens with one attached hydrogen (secondary N) is 2. The molecule has 1 saturated heterocycles. The fraction of sp³-hybridized carbons (Fsp3) is 0.615. The van der Waals surface area contributed by atoms with Gasteiger partial charge in [0.25, 0.3) is 5.91 Å². The average Bonchev–Trinajstić information content (AvgIpc) is 2.47. The van der Waals surface area contributed by atoms with Crippen LogP contribution in [-0.4, -0.2) is 49.2 Å². The van der Waals surface area contributed by atoms with Crippen molar-refractivity contribution < 1.29 is 9.53 Å². The van der Waals surface area contributed by atoms with Gasteiger partial charge >= 0.3 is 0 Å². The lowest BCUT2D eigenvalue weighted by Crippen LogP contribution is -2.47. The van der Waals surface area contributed by atoms with Gasteiger partial charge in [0.1, 0.15) is 12.0 Å². The summed E-state index contributed by atoms with van der Waals surface area (Å²) in [4.78, 5) is 19.8. The highest BCUT2D eigenvalue weighted by molar-refractivity contribution is 6.33. The molecule has 0 atom stereocenters. The quantitative estimate of drug-likeness (QED) is 0.844. The zero-order valence-corrected chi connectivity index (χ0v) is 12.2. The van der Waals surface area contributed by atoms with Gasteiger partial charge < -0.3 is 15.4 Å². The molecule has 0 radical (unpaired) electrons. The molecule has 1 aliphatic heterocycles. The summed E-state index contributed by atoms with van der Waals surface area (Å²) in [6.07, 6.45) is 4.67. The van der Waals surface area contributed by atoms with Crippen LogP contribution in [0.25, 0.3) is 0 Å². The lowest BCUT2D eigenvalue weighted by Gasteiger charge is -2.37. The fourth-order valence-corrected chi connectivity index (χ4v) is 2.66. The number of aromatic nitrogens is 2. The van der Waals surface area contributed by atoms with Gasteiger partial charge in [-0.2, -0.15) is 0 Å². The van der Waals surface area contributed by atoms with Crippen LogP contribution in [0.4, 0.5) is 0 Å². The molecule has 1 amide bonds. The predicted octanol–water partition coefficient (Wildman–Crippen LogP) is 0.876. The molecule has 0 spiro atoms. The van der Waals surface area contributed by atoms with E-state index in [0.29, 0.717) is 13.2 Å². The van der Waals surface area contributed by atoms with Crippen molar-refractivity contribution in [2.75, 3.05) is 33.4 Å². The van der Waals surface area contributed by atoms with Gasteiger partial charge in [0.05, 0.1) is 11.6 Å². The second kappa shape index (κ2) is 6.97. The predicted molar refractivity (Wildman–Crippen MR) is 75.8 cm³/mol. The van der Waals surface area contributed by atoms with E-state index in [1.807, 2.05) is 0 Å². The summed E-state index contributed by atoms with van der Waals surface area (Å²) in [5.74, 6) is -0.272.